The van der Waals surface area contributed by atoms with Crippen LogP contribution in [0.15, 0.2) is 77.3 Å². The highest BCUT2D eigenvalue weighted by Crippen LogP contribution is 2.21. The minimum absolute atomic E-state index is 0.307. The highest BCUT2D eigenvalue weighted by atomic mass is 79.9. The normalized spacial score (nSPS) is 10.2. The summed E-state index contributed by atoms with van der Waals surface area (Å²) in [7, 11) is 0. The molecule has 0 aliphatic rings. The van der Waals surface area contributed by atoms with Crippen LogP contribution in [0.5, 0.6) is 0 Å². The van der Waals surface area contributed by atoms with Crippen LogP contribution in [0.1, 0.15) is 31.1 Å². The van der Waals surface area contributed by atoms with Gasteiger partial charge in [0.1, 0.15) is 0 Å². The Bertz CT molecular complexity index is 1050. The second-order valence-corrected chi connectivity index (χ2v) is 6.73. The number of carbonyl (C=O) groups is 3. The van der Waals surface area contributed by atoms with Gasteiger partial charge in [-0.2, -0.15) is 0 Å². The molecule has 0 heterocycles. The molecular weight excluding hydrogens is 422 g/mol. The summed E-state index contributed by atoms with van der Waals surface area (Å²) in [5.74, 6) is -1.27. The minimum atomic E-state index is -0.544. The Balaban J connectivity index is 1.79. The lowest BCUT2D eigenvalue weighted by atomic mass is 10.1. The molecule has 0 aliphatic carbocycles. The zero-order valence-corrected chi connectivity index (χ0v) is 16.2. The number of primary amides is 1. The first kappa shape index (κ1) is 19.3. The van der Waals surface area contributed by atoms with Crippen molar-refractivity contribution in [1.82, 2.24) is 0 Å². The molecule has 7 heteroatoms. The molecule has 3 aromatic rings. The van der Waals surface area contributed by atoms with Crippen LogP contribution in [0.3, 0.4) is 0 Å². The molecule has 6 nitrogen and oxygen atoms in total. The van der Waals surface area contributed by atoms with E-state index in [1.165, 1.54) is 12.1 Å². The van der Waals surface area contributed by atoms with Gasteiger partial charge in [-0.1, -0.05) is 24.3 Å². The van der Waals surface area contributed by atoms with Crippen LogP contribution in [-0.4, -0.2) is 17.7 Å². The first-order valence-corrected chi connectivity index (χ1v) is 9.11. The highest BCUT2D eigenvalue weighted by Gasteiger charge is 2.15. The van der Waals surface area contributed by atoms with Gasteiger partial charge in [-0.3, -0.25) is 14.4 Å². The fraction of sp³-hybridized carbons (Fsp3) is 0. The van der Waals surface area contributed by atoms with Gasteiger partial charge in [0.25, 0.3) is 11.8 Å². The Kier molecular flexibility index (Phi) is 5.86. The molecular formula is C21H16BrN3O3. The van der Waals surface area contributed by atoms with Crippen molar-refractivity contribution in [2.45, 2.75) is 0 Å². The predicted molar refractivity (Wildman–Crippen MR) is 111 cm³/mol. The van der Waals surface area contributed by atoms with E-state index >= 15 is 0 Å². The zero-order valence-electron chi connectivity index (χ0n) is 14.6. The lowest BCUT2D eigenvalue weighted by Crippen LogP contribution is -2.18. The minimum Gasteiger partial charge on any atom is -0.366 e. The van der Waals surface area contributed by atoms with E-state index in [1.54, 1.807) is 54.6 Å². The van der Waals surface area contributed by atoms with Crippen molar-refractivity contribution in [2.75, 3.05) is 10.6 Å². The fourth-order valence-corrected chi connectivity index (χ4v) is 3.01. The summed E-state index contributed by atoms with van der Waals surface area (Å²) in [6.07, 6.45) is 0. The third-order valence-corrected chi connectivity index (χ3v) is 4.66. The van der Waals surface area contributed by atoms with E-state index in [0.717, 1.165) is 0 Å². The SMILES string of the molecule is NC(=O)c1ccc(NC(=O)c2ccccc2NC(=O)c2ccccc2Br)cc1. The second-order valence-electron chi connectivity index (χ2n) is 5.88. The molecule has 0 fully saturated rings. The van der Waals surface area contributed by atoms with Gasteiger partial charge in [0.15, 0.2) is 0 Å². The fourth-order valence-electron chi connectivity index (χ4n) is 2.54. The molecule has 140 valence electrons. The summed E-state index contributed by atoms with van der Waals surface area (Å²) in [5.41, 5.74) is 7.21. The van der Waals surface area contributed by atoms with Crippen LogP contribution >= 0.6 is 15.9 Å². The number of nitrogens with one attached hydrogen (secondary N) is 2. The van der Waals surface area contributed by atoms with Gasteiger partial charge in [0, 0.05) is 15.7 Å². The van der Waals surface area contributed by atoms with Gasteiger partial charge in [-0.05, 0) is 64.5 Å². The van der Waals surface area contributed by atoms with E-state index < -0.39 is 11.8 Å². The van der Waals surface area contributed by atoms with E-state index in [2.05, 4.69) is 26.6 Å². The van der Waals surface area contributed by atoms with Crippen molar-refractivity contribution < 1.29 is 14.4 Å². The van der Waals surface area contributed by atoms with Crippen LogP contribution < -0.4 is 16.4 Å². The van der Waals surface area contributed by atoms with E-state index in [4.69, 9.17) is 5.73 Å². The number of anilines is 2. The third kappa shape index (κ3) is 4.44. The molecule has 28 heavy (non-hydrogen) atoms. The molecule has 0 aromatic heterocycles. The maximum Gasteiger partial charge on any atom is 0.257 e. The van der Waals surface area contributed by atoms with Crippen molar-refractivity contribution in [1.29, 1.82) is 0 Å². The maximum absolute atomic E-state index is 12.7. The monoisotopic (exact) mass is 437 g/mol. The summed E-state index contributed by atoms with van der Waals surface area (Å²) >= 11 is 3.34. The van der Waals surface area contributed by atoms with Crippen LogP contribution in [0, 0.1) is 0 Å². The average Bonchev–Trinajstić information content (AvgIpc) is 2.69. The van der Waals surface area contributed by atoms with Crippen LogP contribution in [0.25, 0.3) is 0 Å². The van der Waals surface area contributed by atoms with E-state index in [9.17, 15) is 14.4 Å². The molecule has 0 aliphatic heterocycles. The van der Waals surface area contributed by atoms with Gasteiger partial charge in [-0.25, -0.2) is 0 Å². The standard InChI is InChI=1S/C21H16BrN3O3/c22-17-7-3-1-5-15(17)20(27)25-18-8-4-2-6-16(18)21(28)24-14-11-9-13(10-12-14)19(23)26/h1-12H,(H2,23,26)(H,24,28)(H,25,27). The predicted octanol–water partition coefficient (Wildman–Crippen LogP) is 4.05. The maximum atomic E-state index is 12.7. The quantitative estimate of drug-likeness (QED) is 0.560. The molecule has 0 atom stereocenters. The first-order valence-electron chi connectivity index (χ1n) is 8.32. The van der Waals surface area contributed by atoms with E-state index in [-0.39, 0.29) is 5.91 Å². The van der Waals surface area contributed by atoms with Crippen molar-refractivity contribution in [2.24, 2.45) is 5.73 Å². The van der Waals surface area contributed by atoms with Crippen LogP contribution in [-0.2, 0) is 0 Å². The molecule has 0 saturated carbocycles. The van der Waals surface area contributed by atoms with Crippen LogP contribution in [0.2, 0.25) is 0 Å². The van der Waals surface area contributed by atoms with Crippen LogP contribution in [0.4, 0.5) is 11.4 Å². The molecule has 0 bridgehead atoms. The lowest BCUT2D eigenvalue weighted by molar-refractivity contribution is 0.0996. The van der Waals surface area contributed by atoms with Gasteiger partial charge in [-0.15, -0.1) is 0 Å². The zero-order chi connectivity index (χ0) is 20.1. The smallest absolute Gasteiger partial charge is 0.257 e. The summed E-state index contributed by atoms with van der Waals surface area (Å²) < 4.78 is 0.656. The van der Waals surface area contributed by atoms with Gasteiger partial charge >= 0.3 is 0 Å². The van der Waals surface area contributed by atoms with Gasteiger partial charge in [0.05, 0.1) is 16.8 Å². The summed E-state index contributed by atoms with van der Waals surface area (Å²) in [4.78, 5) is 36.4. The number of benzene rings is 3. The number of halogens is 1. The average molecular weight is 438 g/mol. The summed E-state index contributed by atoms with van der Waals surface area (Å²) in [6.45, 7) is 0. The Morgan fingerprint density at radius 1 is 0.714 bits per heavy atom. The number of nitrogens with two attached hydrogens (primary N) is 1. The molecule has 3 aromatic carbocycles. The topological polar surface area (TPSA) is 101 Å². The van der Waals surface area contributed by atoms with Gasteiger partial charge in [0.2, 0.25) is 5.91 Å². The molecule has 0 unspecified atom stereocenters. The van der Waals surface area contributed by atoms with E-state index in [1.807, 2.05) is 6.07 Å². The summed E-state index contributed by atoms with van der Waals surface area (Å²) in [6, 6.07) is 19.9. The largest absolute Gasteiger partial charge is 0.366 e. The van der Waals surface area contributed by atoms with Crippen molar-refractivity contribution in [3.63, 3.8) is 0 Å². The Labute approximate surface area is 169 Å². The molecule has 4 N–H and O–H groups in total. The second kappa shape index (κ2) is 8.49. The van der Waals surface area contributed by atoms with Crippen molar-refractivity contribution >= 4 is 45.0 Å². The number of carbonyl (C=O) groups excluding carboxylic acids is 3. The number of para-hydroxylation sites is 1. The Hall–Kier alpha value is -3.45. The number of amides is 3. The molecule has 0 radical (unpaired) electrons. The highest BCUT2D eigenvalue weighted by molar-refractivity contribution is 9.10. The molecule has 3 rings (SSSR count). The molecule has 0 spiro atoms. The Morgan fingerprint density at radius 2 is 1.29 bits per heavy atom. The van der Waals surface area contributed by atoms with Crippen molar-refractivity contribution in [3.05, 3.63) is 94.0 Å². The Morgan fingerprint density at radius 3 is 1.93 bits per heavy atom. The number of hydrogen-bond acceptors (Lipinski definition) is 3. The summed E-state index contributed by atoms with van der Waals surface area (Å²) in [5, 5.41) is 5.50. The number of hydrogen-bond donors (Lipinski definition) is 3. The number of rotatable bonds is 5. The van der Waals surface area contributed by atoms with Gasteiger partial charge < -0.3 is 16.4 Å². The lowest BCUT2D eigenvalue weighted by Gasteiger charge is -2.12. The van der Waals surface area contributed by atoms with Crippen molar-refractivity contribution in [3.8, 4) is 0 Å². The first-order chi connectivity index (χ1) is 13.5. The molecule has 3 amide bonds. The van der Waals surface area contributed by atoms with E-state index in [0.29, 0.717) is 32.5 Å². The third-order valence-electron chi connectivity index (χ3n) is 3.97. The molecule has 0 saturated heterocycles.